The molecule has 0 aromatic carbocycles. The highest BCUT2D eigenvalue weighted by molar-refractivity contribution is 4.98. The van der Waals surface area contributed by atoms with E-state index in [1.807, 2.05) is 6.92 Å². The molecule has 1 rings (SSSR count). The van der Waals surface area contributed by atoms with Crippen molar-refractivity contribution in [2.45, 2.75) is 13.0 Å². The van der Waals surface area contributed by atoms with Crippen molar-refractivity contribution in [1.29, 1.82) is 0 Å². The van der Waals surface area contributed by atoms with Crippen LogP contribution in [0.2, 0.25) is 0 Å². The summed E-state index contributed by atoms with van der Waals surface area (Å²) in [5, 5.41) is 0. The second-order valence-electron chi connectivity index (χ2n) is 1.99. The Balaban J connectivity index is 2.35. The van der Waals surface area contributed by atoms with E-state index in [1.54, 1.807) is 0 Å². The molecular formula is C6H10O2. The number of ether oxygens (including phenoxy) is 2. The molecule has 2 heteroatoms. The van der Waals surface area contributed by atoms with Crippen molar-refractivity contribution in [2.75, 3.05) is 13.4 Å². The van der Waals surface area contributed by atoms with E-state index in [0.717, 1.165) is 5.57 Å². The maximum absolute atomic E-state index is 5.09. The first-order valence-electron chi connectivity index (χ1n) is 2.65. The van der Waals surface area contributed by atoms with Gasteiger partial charge in [-0.3, -0.25) is 0 Å². The van der Waals surface area contributed by atoms with Crippen LogP contribution in [0.15, 0.2) is 12.2 Å². The van der Waals surface area contributed by atoms with Gasteiger partial charge in [0.2, 0.25) is 0 Å². The van der Waals surface area contributed by atoms with Gasteiger partial charge in [-0.1, -0.05) is 6.58 Å². The lowest BCUT2D eigenvalue weighted by atomic mass is 10.2. The van der Waals surface area contributed by atoms with Crippen LogP contribution in [0.4, 0.5) is 0 Å². The van der Waals surface area contributed by atoms with Gasteiger partial charge in [0, 0.05) is 0 Å². The van der Waals surface area contributed by atoms with Crippen LogP contribution in [0.5, 0.6) is 0 Å². The molecule has 0 N–H and O–H groups in total. The van der Waals surface area contributed by atoms with Crippen LogP contribution in [0.3, 0.4) is 0 Å². The fourth-order valence-corrected chi connectivity index (χ4v) is 0.618. The average Bonchev–Trinajstić information content (AvgIpc) is 2.12. The first kappa shape index (κ1) is 5.79. The minimum Gasteiger partial charge on any atom is -0.352 e. The quantitative estimate of drug-likeness (QED) is 0.472. The molecule has 46 valence electrons. The molecule has 8 heavy (non-hydrogen) atoms. The first-order chi connectivity index (χ1) is 3.80. The van der Waals surface area contributed by atoms with Gasteiger partial charge in [0.1, 0.15) is 12.9 Å². The van der Waals surface area contributed by atoms with Crippen LogP contribution in [0.25, 0.3) is 0 Å². The lowest BCUT2D eigenvalue weighted by Gasteiger charge is -2.03. The maximum Gasteiger partial charge on any atom is 0.147 e. The molecule has 0 bridgehead atoms. The molecular weight excluding hydrogens is 104 g/mol. The molecule has 1 atom stereocenters. The fourth-order valence-electron chi connectivity index (χ4n) is 0.618. The summed E-state index contributed by atoms with van der Waals surface area (Å²) in [6.07, 6.45) is 0.148. The molecule has 0 amide bonds. The highest BCUT2D eigenvalue weighted by Gasteiger charge is 2.15. The summed E-state index contributed by atoms with van der Waals surface area (Å²) in [4.78, 5) is 0. The molecule has 1 saturated heterocycles. The SMILES string of the molecule is C=C(C)C1COCO1. The minimum atomic E-state index is 0.148. The summed E-state index contributed by atoms with van der Waals surface area (Å²) >= 11 is 0. The summed E-state index contributed by atoms with van der Waals surface area (Å²) in [6, 6.07) is 0. The minimum absolute atomic E-state index is 0.148. The normalized spacial score (nSPS) is 28.4. The smallest absolute Gasteiger partial charge is 0.147 e. The Morgan fingerprint density at radius 1 is 1.75 bits per heavy atom. The molecule has 0 spiro atoms. The van der Waals surface area contributed by atoms with E-state index in [9.17, 15) is 0 Å². The summed E-state index contributed by atoms with van der Waals surface area (Å²) in [5.41, 5.74) is 1.04. The van der Waals surface area contributed by atoms with Crippen molar-refractivity contribution < 1.29 is 9.47 Å². The summed E-state index contributed by atoms with van der Waals surface area (Å²) < 4.78 is 10.0. The van der Waals surface area contributed by atoms with Gasteiger partial charge in [0.05, 0.1) is 6.61 Å². The van der Waals surface area contributed by atoms with E-state index in [2.05, 4.69) is 6.58 Å². The van der Waals surface area contributed by atoms with Crippen molar-refractivity contribution in [2.24, 2.45) is 0 Å². The van der Waals surface area contributed by atoms with Crippen LogP contribution < -0.4 is 0 Å². The Morgan fingerprint density at radius 3 is 2.75 bits per heavy atom. The largest absolute Gasteiger partial charge is 0.352 e. The molecule has 2 nitrogen and oxygen atoms in total. The Labute approximate surface area is 49.1 Å². The van der Waals surface area contributed by atoms with Gasteiger partial charge in [-0.2, -0.15) is 0 Å². The lowest BCUT2D eigenvalue weighted by Crippen LogP contribution is -2.08. The molecule has 1 heterocycles. The van der Waals surface area contributed by atoms with Crippen molar-refractivity contribution in [3.63, 3.8) is 0 Å². The van der Waals surface area contributed by atoms with Crippen molar-refractivity contribution in [1.82, 2.24) is 0 Å². The van der Waals surface area contributed by atoms with Crippen LogP contribution in [-0.4, -0.2) is 19.5 Å². The topological polar surface area (TPSA) is 18.5 Å². The molecule has 0 saturated carbocycles. The third kappa shape index (κ3) is 1.08. The van der Waals surface area contributed by atoms with Gasteiger partial charge in [0.15, 0.2) is 0 Å². The zero-order valence-corrected chi connectivity index (χ0v) is 5.02. The number of rotatable bonds is 1. The van der Waals surface area contributed by atoms with Gasteiger partial charge in [-0.05, 0) is 12.5 Å². The number of hydrogen-bond donors (Lipinski definition) is 0. The van der Waals surface area contributed by atoms with E-state index < -0.39 is 0 Å². The van der Waals surface area contributed by atoms with Crippen LogP contribution >= 0.6 is 0 Å². The molecule has 0 aromatic heterocycles. The maximum atomic E-state index is 5.09. The predicted molar refractivity (Wildman–Crippen MR) is 30.5 cm³/mol. The van der Waals surface area contributed by atoms with Crippen molar-refractivity contribution >= 4 is 0 Å². The van der Waals surface area contributed by atoms with E-state index in [-0.39, 0.29) is 6.10 Å². The Kier molecular flexibility index (Phi) is 1.65. The van der Waals surface area contributed by atoms with Gasteiger partial charge in [-0.15, -0.1) is 0 Å². The first-order valence-corrected chi connectivity index (χ1v) is 2.65. The third-order valence-corrected chi connectivity index (χ3v) is 1.17. The Morgan fingerprint density at radius 2 is 2.50 bits per heavy atom. The summed E-state index contributed by atoms with van der Waals surface area (Å²) in [5.74, 6) is 0. The van der Waals surface area contributed by atoms with E-state index in [4.69, 9.17) is 9.47 Å². The monoisotopic (exact) mass is 114 g/mol. The molecule has 1 aliphatic heterocycles. The highest BCUT2D eigenvalue weighted by atomic mass is 16.7. The molecule has 0 aliphatic carbocycles. The summed E-state index contributed by atoms with van der Waals surface area (Å²) in [7, 11) is 0. The molecule has 1 unspecified atom stereocenters. The Hall–Kier alpha value is -0.340. The van der Waals surface area contributed by atoms with Crippen molar-refractivity contribution in [3.8, 4) is 0 Å². The second-order valence-corrected chi connectivity index (χ2v) is 1.99. The fraction of sp³-hybridized carbons (Fsp3) is 0.667. The van der Waals surface area contributed by atoms with Gasteiger partial charge < -0.3 is 9.47 Å². The molecule has 0 aromatic rings. The van der Waals surface area contributed by atoms with Gasteiger partial charge in [-0.25, -0.2) is 0 Å². The summed E-state index contributed by atoms with van der Waals surface area (Å²) in [6.45, 7) is 6.78. The lowest BCUT2D eigenvalue weighted by molar-refractivity contribution is 0.0551. The Bertz CT molecular complexity index is 92.7. The van der Waals surface area contributed by atoms with Crippen LogP contribution in [-0.2, 0) is 9.47 Å². The zero-order chi connectivity index (χ0) is 5.98. The average molecular weight is 114 g/mol. The second kappa shape index (κ2) is 2.29. The highest BCUT2D eigenvalue weighted by Crippen LogP contribution is 2.09. The standard InChI is InChI=1S/C6H10O2/c1-5(2)6-3-7-4-8-6/h6H,1,3-4H2,2H3. The van der Waals surface area contributed by atoms with E-state index in [0.29, 0.717) is 13.4 Å². The van der Waals surface area contributed by atoms with E-state index in [1.165, 1.54) is 0 Å². The number of hydrogen-bond acceptors (Lipinski definition) is 2. The predicted octanol–water partition coefficient (Wildman–Crippen LogP) is 0.935. The zero-order valence-electron chi connectivity index (χ0n) is 5.02. The van der Waals surface area contributed by atoms with Crippen molar-refractivity contribution in [3.05, 3.63) is 12.2 Å². The third-order valence-electron chi connectivity index (χ3n) is 1.17. The van der Waals surface area contributed by atoms with Crippen LogP contribution in [0, 0.1) is 0 Å². The molecule has 0 radical (unpaired) electrons. The van der Waals surface area contributed by atoms with Crippen LogP contribution in [0.1, 0.15) is 6.92 Å². The molecule has 1 aliphatic rings. The molecule has 1 fully saturated rings. The van der Waals surface area contributed by atoms with E-state index >= 15 is 0 Å². The van der Waals surface area contributed by atoms with Gasteiger partial charge >= 0.3 is 0 Å². The van der Waals surface area contributed by atoms with Gasteiger partial charge in [0.25, 0.3) is 0 Å².